The van der Waals surface area contributed by atoms with E-state index in [-0.39, 0.29) is 12.2 Å². The van der Waals surface area contributed by atoms with Crippen molar-refractivity contribution >= 4 is 17.9 Å². The average Bonchev–Trinajstić information content (AvgIpc) is 2.34. The summed E-state index contributed by atoms with van der Waals surface area (Å²) in [5, 5.41) is 9.93. The first-order valence-electron chi connectivity index (χ1n) is 5.78. The van der Waals surface area contributed by atoms with Crippen LogP contribution in [0.25, 0.3) is 0 Å². The third-order valence-electron chi connectivity index (χ3n) is 3.04. The number of aldehydes is 1. The number of hydrogen-bond donors (Lipinski definition) is 1. The topological polar surface area (TPSA) is 46.5 Å². The molecule has 1 fully saturated rings. The Bertz CT molecular complexity index is 398. The van der Waals surface area contributed by atoms with Gasteiger partial charge in [-0.3, -0.25) is 4.79 Å². The highest BCUT2D eigenvalue weighted by Crippen LogP contribution is 2.27. The van der Waals surface area contributed by atoms with E-state index in [1.54, 1.807) is 18.2 Å². The van der Waals surface area contributed by atoms with Crippen LogP contribution in [-0.2, 0) is 0 Å². The van der Waals surface area contributed by atoms with Crippen LogP contribution >= 0.6 is 11.6 Å². The summed E-state index contributed by atoms with van der Waals surface area (Å²) in [6.45, 7) is 0. The first kappa shape index (κ1) is 12.4. The van der Waals surface area contributed by atoms with Crippen LogP contribution in [0, 0.1) is 0 Å². The Balaban J connectivity index is 2.05. The van der Waals surface area contributed by atoms with Gasteiger partial charge in [0.05, 0.1) is 17.8 Å². The van der Waals surface area contributed by atoms with Crippen molar-refractivity contribution in [3.63, 3.8) is 0 Å². The van der Waals surface area contributed by atoms with Gasteiger partial charge in [0.25, 0.3) is 0 Å². The van der Waals surface area contributed by atoms with Crippen LogP contribution in [0.2, 0.25) is 5.02 Å². The van der Waals surface area contributed by atoms with Crippen molar-refractivity contribution in [3.8, 4) is 5.75 Å². The number of carbonyl (C=O) groups excluding carboxylic acids is 1. The van der Waals surface area contributed by atoms with Crippen molar-refractivity contribution in [2.45, 2.75) is 37.9 Å². The Kier molecular flexibility index (Phi) is 4.02. The fourth-order valence-corrected chi connectivity index (χ4v) is 2.24. The van der Waals surface area contributed by atoms with E-state index in [1.165, 1.54) is 0 Å². The predicted octanol–water partition coefficient (Wildman–Crippen LogP) is 2.83. The Morgan fingerprint density at radius 1 is 1.29 bits per heavy atom. The third kappa shape index (κ3) is 3.20. The van der Waals surface area contributed by atoms with Crippen molar-refractivity contribution in [1.82, 2.24) is 0 Å². The molecule has 0 unspecified atom stereocenters. The van der Waals surface area contributed by atoms with Gasteiger partial charge in [-0.05, 0) is 43.9 Å². The quantitative estimate of drug-likeness (QED) is 0.844. The molecule has 0 bridgehead atoms. The van der Waals surface area contributed by atoms with E-state index in [4.69, 9.17) is 16.3 Å². The second-order valence-electron chi connectivity index (χ2n) is 4.35. The molecule has 0 aromatic heterocycles. The molecular weight excluding hydrogens is 240 g/mol. The normalized spacial score (nSPS) is 24.4. The van der Waals surface area contributed by atoms with Crippen LogP contribution in [0.1, 0.15) is 36.0 Å². The van der Waals surface area contributed by atoms with E-state index in [2.05, 4.69) is 0 Å². The molecule has 1 aliphatic rings. The fraction of sp³-hybridized carbons (Fsp3) is 0.462. The Morgan fingerprint density at radius 2 is 2.00 bits per heavy atom. The van der Waals surface area contributed by atoms with E-state index in [0.717, 1.165) is 32.0 Å². The van der Waals surface area contributed by atoms with E-state index < -0.39 is 0 Å². The molecule has 0 amide bonds. The molecule has 17 heavy (non-hydrogen) atoms. The minimum atomic E-state index is -0.203. The summed E-state index contributed by atoms with van der Waals surface area (Å²) >= 11 is 5.81. The van der Waals surface area contributed by atoms with E-state index in [9.17, 15) is 9.90 Å². The zero-order valence-corrected chi connectivity index (χ0v) is 10.2. The first-order chi connectivity index (χ1) is 8.19. The fourth-order valence-electron chi connectivity index (χ4n) is 2.06. The zero-order valence-electron chi connectivity index (χ0n) is 9.43. The van der Waals surface area contributed by atoms with Crippen molar-refractivity contribution in [2.75, 3.05) is 0 Å². The number of aliphatic hydroxyl groups is 1. The largest absolute Gasteiger partial charge is 0.490 e. The summed E-state index contributed by atoms with van der Waals surface area (Å²) in [5.74, 6) is 0.575. The average molecular weight is 255 g/mol. The number of aliphatic hydroxyl groups excluding tert-OH is 1. The number of ether oxygens (including phenoxy) is 1. The van der Waals surface area contributed by atoms with Crippen LogP contribution in [0.15, 0.2) is 18.2 Å². The molecule has 0 spiro atoms. The van der Waals surface area contributed by atoms with E-state index in [0.29, 0.717) is 16.3 Å². The molecular formula is C13H15ClO3. The van der Waals surface area contributed by atoms with Gasteiger partial charge >= 0.3 is 0 Å². The van der Waals surface area contributed by atoms with Gasteiger partial charge in [0.15, 0.2) is 6.29 Å². The molecule has 0 aliphatic heterocycles. The maximum absolute atomic E-state index is 10.9. The zero-order chi connectivity index (χ0) is 12.3. The molecule has 0 saturated heterocycles. The number of carbonyl (C=O) groups is 1. The Hall–Kier alpha value is -1.06. The molecule has 0 heterocycles. The Morgan fingerprint density at radius 3 is 2.65 bits per heavy atom. The van der Waals surface area contributed by atoms with Crippen molar-refractivity contribution < 1.29 is 14.6 Å². The molecule has 0 radical (unpaired) electrons. The molecule has 0 atom stereocenters. The van der Waals surface area contributed by atoms with Gasteiger partial charge in [0, 0.05) is 5.02 Å². The smallest absolute Gasteiger partial charge is 0.153 e. The highest BCUT2D eigenvalue weighted by molar-refractivity contribution is 6.30. The molecule has 1 aromatic rings. The minimum absolute atomic E-state index is 0.0817. The monoisotopic (exact) mass is 254 g/mol. The van der Waals surface area contributed by atoms with Crippen molar-refractivity contribution in [3.05, 3.63) is 28.8 Å². The van der Waals surface area contributed by atoms with Gasteiger partial charge in [-0.1, -0.05) is 11.6 Å². The summed E-state index contributed by atoms with van der Waals surface area (Å²) in [4.78, 5) is 10.9. The van der Waals surface area contributed by atoms with Crippen LogP contribution in [0.3, 0.4) is 0 Å². The lowest BCUT2D eigenvalue weighted by Gasteiger charge is -2.26. The second kappa shape index (κ2) is 5.52. The van der Waals surface area contributed by atoms with Crippen molar-refractivity contribution in [2.24, 2.45) is 0 Å². The lowest BCUT2D eigenvalue weighted by atomic mass is 9.95. The lowest BCUT2D eigenvalue weighted by molar-refractivity contribution is 0.0660. The maximum Gasteiger partial charge on any atom is 0.153 e. The number of rotatable bonds is 3. The summed E-state index contributed by atoms with van der Waals surface area (Å²) in [7, 11) is 0. The van der Waals surface area contributed by atoms with E-state index in [1.807, 2.05) is 0 Å². The van der Waals surface area contributed by atoms with Gasteiger partial charge < -0.3 is 9.84 Å². The Labute approximate surface area is 105 Å². The van der Waals surface area contributed by atoms with Crippen LogP contribution in [-0.4, -0.2) is 23.6 Å². The maximum atomic E-state index is 10.9. The summed E-state index contributed by atoms with van der Waals surface area (Å²) < 4.78 is 5.78. The first-order valence-corrected chi connectivity index (χ1v) is 6.16. The molecule has 1 aliphatic carbocycles. The molecule has 3 nitrogen and oxygen atoms in total. The number of halogens is 1. The van der Waals surface area contributed by atoms with Crippen LogP contribution < -0.4 is 4.74 Å². The van der Waals surface area contributed by atoms with Crippen LogP contribution in [0.5, 0.6) is 5.75 Å². The minimum Gasteiger partial charge on any atom is -0.490 e. The lowest BCUT2D eigenvalue weighted by Crippen LogP contribution is -2.26. The molecule has 1 aromatic carbocycles. The molecule has 4 heteroatoms. The predicted molar refractivity (Wildman–Crippen MR) is 65.7 cm³/mol. The van der Waals surface area contributed by atoms with Gasteiger partial charge in [-0.2, -0.15) is 0 Å². The van der Waals surface area contributed by atoms with Gasteiger partial charge in [0.2, 0.25) is 0 Å². The van der Waals surface area contributed by atoms with E-state index >= 15 is 0 Å². The van der Waals surface area contributed by atoms with Gasteiger partial charge in [-0.15, -0.1) is 0 Å². The second-order valence-corrected chi connectivity index (χ2v) is 4.78. The SMILES string of the molecule is O=Cc1cc(Cl)ccc1OC1CCC(O)CC1. The van der Waals surface area contributed by atoms with Gasteiger partial charge in [0.1, 0.15) is 5.75 Å². The summed E-state index contributed by atoms with van der Waals surface area (Å²) in [6, 6.07) is 5.03. The van der Waals surface area contributed by atoms with Gasteiger partial charge in [-0.25, -0.2) is 0 Å². The van der Waals surface area contributed by atoms with Crippen LogP contribution in [0.4, 0.5) is 0 Å². The molecule has 92 valence electrons. The molecule has 1 N–H and O–H groups in total. The standard InChI is InChI=1S/C13H15ClO3/c14-10-1-6-13(9(7-10)8-15)17-12-4-2-11(16)3-5-12/h1,6-8,11-12,16H,2-5H2. The highest BCUT2D eigenvalue weighted by Gasteiger charge is 2.21. The third-order valence-corrected chi connectivity index (χ3v) is 3.27. The van der Waals surface area contributed by atoms with Crippen molar-refractivity contribution in [1.29, 1.82) is 0 Å². The summed E-state index contributed by atoms with van der Waals surface area (Å²) in [6.07, 6.45) is 3.79. The highest BCUT2D eigenvalue weighted by atomic mass is 35.5. The molecule has 2 rings (SSSR count). The molecule has 1 saturated carbocycles. The number of hydrogen-bond acceptors (Lipinski definition) is 3. The number of benzene rings is 1. The summed E-state index contributed by atoms with van der Waals surface area (Å²) in [5.41, 5.74) is 0.476.